The number of thioether (sulfide) groups is 1. The number of fused-ring (bicyclic) bond motifs is 1. The van der Waals surface area contributed by atoms with Crippen molar-refractivity contribution in [3.8, 4) is 11.1 Å². The van der Waals surface area contributed by atoms with Crippen LogP contribution >= 0.6 is 27.7 Å². The fourth-order valence-corrected chi connectivity index (χ4v) is 3.85. The Bertz CT molecular complexity index is 1170. The van der Waals surface area contributed by atoms with Crippen molar-refractivity contribution in [1.82, 2.24) is 19.6 Å². The third kappa shape index (κ3) is 3.68. The van der Waals surface area contributed by atoms with Gasteiger partial charge in [0.2, 0.25) is 0 Å². The van der Waals surface area contributed by atoms with E-state index in [1.165, 1.54) is 28.4 Å². The highest BCUT2D eigenvalue weighted by molar-refractivity contribution is 9.10. The first-order valence-corrected chi connectivity index (χ1v) is 9.92. The number of rotatable bonds is 4. The second-order valence-corrected chi connectivity index (χ2v) is 7.84. The van der Waals surface area contributed by atoms with Crippen molar-refractivity contribution < 1.29 is 4.39 Å². The second kappa shape index (κ2) is 7.28. The molecule has 2 aromatic heterocycles. The van der Waals surface area contributed by atoms with Gasteiger partial charge in [-0.25, -0.2) is 14.2 Å². The van der Waals surface area contributed by atoms with E-state index in [1.807, 2.05) is 31.2 Å². The monoisotopic (exact) mass is 444 g/mol. The standard InChI is InChI=1S/C19H14BrFN4OS/c1-11-16(13-4-6-14(20)7-5-13)17-22-18(23-19(26)25(17)24-11)27-10-12-2-8-15(21)9-3-12/h2-9H,10H2,1H3,(H,22,23,26). The Labute approximate surface area is 166 Å². The molecule has 4 rings (SSSR count). The van der Waals surface area contributed by atoms with Gasteiger partial charge < -0.3 is 0 Å². The lowest BCUT2D eigenvalue weighted by Gasteiger charge is -2.04. The van der Waals surface area contributed by atoms with E-state index in [4.69, 9.17) is 0 Å². The van der Waals surface area contributed by atoms with Crippen LogP contribution in [0.1, 0.15) is 11.3 Å². The number of nitrogens with one attached hydrogen (secondary N) is 1. The number of hydrogen-bond acceptors (Lipinski definition) is 4. The van der Waals surface area contributed by atoms with Crippen molar-refractivity contribution in [2.75, 3.05) is 0 Å². The van der Waals surface area contributed by atoms with Gasteiger partial charge in [-0.3, -0.25) is 4.98 Å². The Morgan fingerprint density at radius 1 is 1.15 bits per heavy atom. The highest BCUT2D eigenvalue weighted by Gasteiger charge is 2.16. The summed E-state index contributed by atoms with van der Waals surface area (Å²) < 4.78 is 15.3. The smallest absolute Gasteiger partial charge is 0.285 e. The SMILES string of the molecule is Cc1nn2c(=O)[nH]c(SCc3ccc(F)cc3)nc2c1-c1ccc(Br)cc1. The molecule has 0 unspecified atom stereocenters. The summed E-state index contributed by atoms with van der Waals surface area (Å²) in [6, 6.07) is 14.1. The van der Waals surface area contributed by atoms with Gasteiger partial charge in [0.1, 0.15) is 5.82 Å². The van der Waals surface area contributed by atoms with Crippen molar-refractivity contribution in [2.24, 2.45) is 0 Å². The van der Waals surface area contributed by atoms with Gasteiger partial charge in [-0.15, -0.1) is 0 Å². The molecule has 0 fully saturated rings. The summed E-state index contributed by atoms with van der Waals surface area (Å²) in [4.78, 5) is 19.8. The van der Waals surface area contributed by atoms with E-state index >= 15 is 0 Å². The Hall–Kier alpha value is -2.45. The van der Waals surface area contributed by atoms with Gasteiger partial charge in [0, 0.05) is 15.8 Å². The van der Waals surface area contributed by atoms with Crippen molar-refractivity contribution in [3.63, 3.8) is 0 Å². The molecule has 5 nitrogen and oxygen atoms in total. The molecule has 0 spiro atoms. The van der Waals surface area contributed by atoms with Gasteiger partial charge >= 0.3 is 5.69 Å². The van der Waals surface area contributed by atoms with E-state index in [-0.39, 0.29) is 11.5 Å². The zero-order valence-electron chi connectivity index (χ0n) is 14.2. The summed E-state index contributed by atoms with van der Waals surface area (Å²) in [6.07, 6.45) is 0. The van der Waals surface area contributed by atoms with Gasteiger partial charge in [0.05, 0.1) is 5.69 Å². The molecule has 0 saturated heterocycles. The Morgan fingerprint density at radius 3 is 2.56 bits per heavy atom. The molecular formula is C19H14BrFN4OS. The maximum absolute atomic E-state index is 13.0. The van der Waals surface area contributed by atoms with Crippen molar-refractivity contribution in [2.45, 2.75) is 17.8 Å². The molecule has 1 N–H and O–H groups in total. The number of aryl methyl sites for hydroxylation is 1. The molecule has 8 heteroatoms. The molecule has 0 aliphatic heterocycles. The van der Waals surface area contributed by atoms with Crippen LogP contribution in [0.5, 0.6) is 0 Å². The summed E-state index contributed by atoms with van der Waals surface area (Å²) in [6.45, 7) is 1.86. The number of H-pyrrole nitrogens is 1. The van der Waals surface area contributed by atoms with Gasteiger partial charge in [-0.1, -0.05) is 52.0 Å². The fraction of sp³-hybridized carbons (Fsp3) is 0.105. The molecule has 136 valence electrons. The summed E-state index contributed by atoms with van der Waals surface area (Å²) >= 11 is 4.82. The number of halogens is 2. The molecule has 0 aliphatic carbocycles. The maximum atomic E-state index is 13.0. The van der Waals surface area contributed by atoms with Crippen LogP contribution in [0.3, 0.4) is 0 Å². The molecule has 27 heavy (non-hydrogen) atoms. The third-order valence-corrected chi connectivity index (χ3v) is 5.54. The Balaban J connectivity index is 1.73. The van der Waals surface area contributed by atoms with Crippen LogP contribution < -0.4 is 5.69 Å². The van der Waals surface area contributed by atoms with Crippen molar-refractivity contribution in [1.29, 1.82) is 0 Å². The summed E-state index contributed by atoms with van der Waals surface area (Å²) in [5.74, 6) is 0.297. The minimum Gasteiger partial charge on any atom is -0.285 e. The normalized spacial score (nSPS) is 11.2. The minimum atomic E-state index is -0.340. The molecule has 4 aromatic rings. The van der Waals surface area contributed by atoms with E-state index in [0.717, 1.165) is 26.9 Å². The number of aromatic amines is 1. The van der Waals surface area contributed by atoms with Gasteiger partial charge in [0.25, 0.3) is 0 Å². The highest BCUT2D eigenvalue weighted by atomic mass is 79.9. The van der Waals surface area contributed by atoms with Crippen LogP contribution in [-0.4, -0.2) is 19.6 Å². The lowest BCUT2D eigenvalue weighted by Crippen LogP contribution is -2.19. The second-order valence-electron chi connectivity index (χ2n) is 5.96. The summed E-state index contributed by atoms with van der Waals surface area (Å²) in [5, 5.41) is 4.82. The lowest BCUT2D eigenvalue weighted by atomic mass is 10.1. The van der Waals surface area contributed by atoms with Crippen molar-refractivity contribution >= 4 is 33.3 Å². The van der Waals surface area contributed by atoms with Crippen molar-refractivity contribution in [3.05, 3.63) is 80.6 Å². The van der Waals surface area contributed by atoms with E-state index in [2.05, 4.69) is 31.0 Å². The average molecular weight is 445 g/mol. The average Bonchev–Trinajstić information content (AvgIpc) is 2.99. The van der Waals surface area contributed by atoms with Crippen LogP contribution in [0.25, 0.3) is 16.8 Å². The zero-order valence-corrected chi connectivity index (χ0v) is 16.6. The molecule has 0 saturated carbocycles. The molecule has 2 heterocycles. The summed E-state index contributed by atoms with van der Waals surface area (Å²) in [5.41, 5.74) is 3.63. The topological polar surface area (TPSA) is 63.1 Å². The zero-order chi connectivity index (χ0) is 19.0. The van der Waals surface area contributed by atoms with Gasteiger partial charge in [0.15, 0.2) is 10.8 Å². The van der Waals surface area contributed by atoms with Gasteiger partial charge in [-0.05, 0) is 42.3 Å². The lowest BCUT2D eigenvalue weighted by molar-refractivity contribution is 0.627. The van der Waals surface area contributed by atoms with E-state index < -0.39 is 0 Å². The van der Waals surface area contributed by atoms with E-state index in [0.29, 0.717) is 16.6 Å². The molecular weight excluding hydrogens is 431 g/mol. The van der Waals surface area contributed by atoms with Gasteiger partial charge in [-0.2, -0.15) is 9.61 Å². The number of nitrogens with zero attached hydrogens (tertiary/aromatic N) is 3. The quantitative estimate of drug-likeness (QED) is 0.467. The minimum absolute atomic E-state index is 0.273. The van der Waals surface area contributed by atoms with E-state index in [1.54, 1.807) is 12.1 Å². The fourth-order valence-electron chi connectivity index (χ4n) is 2.78. The predicted octanol–water partition coefficient (Wildman–Crippen LogP) is 4.59. The molecule has 0 radical (unpaired) electrons. The molecule has 0 amide bonds. The molecule has 0 atom stereocenters. The molecule has 0 bridgehead atoms. The first kappa shape index (κ1) is 17.9. The van der Waals surface area contributed by atoms with Crippen LogP contribution in [0.4, 0.5) is 4.39 Å². The Morgan fingerprint density at radius 2 is 1.85 bits per heavy atom. The Kier molecular flexibility index (Phi) is 4.84. The maximum Gasteiger partial charge on any atom is 0.350 e. The largest absolute Gasteiger partial charge is 0.350 e. The van der Waals surface area contributed by atoms with E-state index in [9.17, 15) is 9.18 Å². The van der Waals surface area contributed by atoms with Crippen LogP contribution in [-0.2, 0) is 5.75 Å². The van der Waals surface area contributed by atoms with Crippen LogP contribution in [0.2, 0.25) is 0 Å². The van der Waals surface area contributed by atoms with Crippen LogP contribution in [0.15, 0.2) is 63.0 Å². The summed E-state index contributed by atoms with van der Waals surface area (Å²) in [7, 11) is 0. The first-order chi connectivity index (χ1) is 13.0. The molecule has 0 aliphatic rings. The predicted molar refractivity (Wildman–Crippen MR) is 107 cm³/mol. The number of aromatic nitrogens is 4. The number of benzene rings is 2. The van der Waals surface area contributed by atoms with Crippen LogP contribution in [0, 0.1) is 12.7 Å². The third-order valence-electron chi connectivity index (χ3n) is 4.07. The highest BCUT2D eigenvalue weighted by Crippen LogP contribution is 2.28. The molecule has 2 aromatic carbocycles. The first-order valence-electron chi connectivity index (χ1n) is 8.14. The number of hydrogen-bond donors (Lipinski definition) is 1.